The molecule has 19 heavy (non-hydrogen) atoms. The molecule has 0 amide bonds. The Bertz CT molecular complexity index is 583. The summed E-state index contributed by atoms with van der Waals surface area (Å²) in [5.41, 5.74) is 0.973. The fourth-order valence-corrected chi connectivity index (χ4v) is 1.88. The molecule has 0 aliphatic heterocycles. The lowest BCUT2D eigenvalue weighted by atomic mass is 9.86. The molecular weight excluding hydrogens is 240 g/mol. The van der Waals surface area contributed by atoms with Crippen LogP contribution in [0.15, 0.2) is 42.5 Å². The SMILES string of the molecule is CC(C)(C)c1ccccc1Oc1cc(O)ccc1O. The summed E-state index contributed by atoms with van der Waals surface area (Å²) in [6.07, 6.45) is 0. The van der Waals surface area contributed by atoms with Crippen LogP contribution in [0, 0.1) is 0 Å². The molecule has 0 aliphatic rings. The van der Waals surface area contributed by atoms with Gasteiger partial charge in [0.1, 0.15) is 11.5 Å². The lowest BCUT2D eigenvalue weighted by Crippen LogP contribution is -2.12. The number of ether oxygens (including phenoxy) is 1. The van der Waals surface area contributed by atoms with Crippen LogP contribution < -0.4 is 4.74 Å². The summed E-state index contributed by atoms with van der Waals surface area (Å²) in [5, 5.41) is 19.2. The van der Waals surface area contributed by atoms with E-state index in [0.29, 0.717) is 5.75 Å². The van der Waals surface area contributed by atoms with Gasteiger partial charge in [-0.15, -0.1) is 0 Å². The second-order valence-corrected chi connectivity index (χ2v) is 5.50. The zero-order chi connectivity index (χ0) is 14.0. The molecule has 0 heterocycles. The van der Waals surface area contributed by atoms with E-state index < -0.39 is 0 Å². The van der Waals surface area contributed by atoms with Crippen LogP contribution in [-0.4, -0.2) is 10.2 Å². The van der Waals surface area contributed by atoms with Gasteiger partial charge in [0.15, 0.2) is 11.5 Å². The largest absolute Gasteiger partial charge is 0.508 e. The minimum Gasteiger partial charge on any atom is -0.508 e. The van der Waals surface area contributed by atoms with Gasteiger partial charge >= 0.3 is 0 Å². The molecule has 0 saturated carbocycles. The van der Waals surface area contributed by atoms with Crippen molar-refractivity contribution >= 4 is 0 Å². The Morgan fingerprint density at radius 1 is 0.895 bits per heavy atom. The average Bonchev–Trinajstić information content (AvgIpc) is 2.33. The number of phenolic OH excluding ortho intramolecular Hbond substituents is 2. The predicted molar refractivity (Wildman–Crippen MR) is 75.0 cm³/mol. The lowest BCUT2D eigenvalue weighted by Gasteiger charge is -2.22. The highest BCUT2D eigenvalue weighted by Gasteiger charge is 2.19. The summed E-state index contributed by atoms with van der Waals surface area (Å²) in [6.45, 7) is 6.28. The fraction of sp³-hybridized carbons (Fsp3) is 0.250. The third kappa shape index (κ3) is 2.99. The van der Waals surface area contributed by atoms with E-state index in [1.54, 1.807) is 0 Å². The van der Waals surface area contributed by atoms with Crippen molar-refractivity contribution in [2.75, 3.05) is 0 Å². The molecule has 3 heteroatoms. The van der Waals surface area contributed by atoms with Crippen LogP contribution in [0.3, 0.4) is 0 Å². The van der Waals surface area contributed by atoms with Crippen molar-refractivity contribution in [2.45, 2.75) is 26.2 Å². The quantitative estimate of drug-likeness (QED) is 0.794. The Kier molecular flexibility index (Phi) is 3.38. The summed E-state index contributed by atoms with van der Waals surface area (Å²) in [4.78, 5) is 0. The van der Waals surface area contributed by atoms with Gasteiger partial charge in [-0.25, -0.2) is 0 Å². The summed E-state index contributed by atoms with van der Waals surface area (Å²) in [6, 6.07) is 11.9. The van der Waals surface area contributed by atoms with Crippen molar-refractivity contribution < 1.29 is 14.9 Å². The molecule has 2 aromatic rings. The fourth-order valence-electron chi connectivity index (χ4n) is 1.88. The number of rotatable bonds is 2. The molecule has 0 unspecified atom stereocenters. The molecule has 100 valence electrons. The summed E-state index contributed by atoms with van der Waals surface area (Å²) >= 11 is 0. The van der Waals surface area contributed by atoms with Crippen LogP contribution in [0.4, 0.5) is 0 Å². The molecule has 2 aromatic carbocycles. The Morgan fingerprint density at radius 2 is 1.58 bits per heavy atom. The molecule has 0 aromatic heterocycles. The minimum atomic E-state index is -0.0664. The van der Waals surface area contributed by atoms with E-state index in [1.165, 1.54) is 18.2 Å². The highest BCUT2D eigenvalue weighted by Crippen LogP contribution is 2.38. The van der Waals surface area contributed by atoms with Crippen molar-refractivity contribution in [1.29, 1.82) is 0 Å². The van der Waals surface area contributed by atoms with Gasteiger partial charge < -0.3 is 14.9 Å². The lowest BCUT2D eigenvalue weighted by molar-refractivity contribution is 0.396. The number of aromatic hydroxyl groups is 2. The summed E-state index contributed by atoms with van der Waals surface area (Å²) in [7, 11) is 0. The van der Waals surface area contributed by atoms with Gasteiger partial charge in [0, 0.05) is 11.6 Å². The monoisotopic (exact) mass is 258 g/mol. The first-order valence-electron chi connectivity index (χ1n) is 6.17. The van der Waals surface area contributed by atoms with Crippen LogP contribution in [-0.2, 0) is 5.41 Å². The second kappa shape index (κ2) is 4.84. The number of hydrogen-bond acceptors (Lipinski definition) is 3. The van der Waals surface area contributed by atoms with Crippen molar-refractivity contribution in [3.05, 3.63) is 48.0 Å². The molecule has 0 radical (unpaired) electrons. The number of phenols is 2. The van der Waals surface area contributed by atoms with E-state index in [4.69, 9.17) is 4.74 Å². The normalized spacial score (nSPS) is 11.3. The van der Waals surface area contributed by atoms with E-state index in [9.17, 15) is 10.2 Å². The molecular formula is C16H18O3. The van der Waals surface area contributed by atoms with Crippen LogP contribution in [0.1, 0.15) is 26.3 Å². The van der Waals surface area contributed by atoms with Gasteiger partial charge in [-0.3, -0.25) is 0 Å². The molecule has 0 spiro atoms. The predicted octanol–water partition coefficient (Wildman–Crippen LogP) is 4.19. The van der Waals surface area contributed by atoms with Crippen LogP contribution in [0.25, 0.3) is 0 Å². The molecule has 0 atom stereocenters. The van der Waals surface area contributed by atoms with Gasteiger partial charge in [0.05, 0.1) is 0 Å². The number of benzene rings is 2. The standard InChI is InChI=1S/C16H18O3/c1-16(2,3)12-6-4-5-7-14(12)19-15-10-11(17)8-9-13(15)18/h4-10,17-18H,1-3H3. The highest BCUT2D eigenvalue weighted by molar-refractivity contribution is 5.48. The maximum Gasteiger partial charge on any atom is 0.172 e. The van der Waals surface area contributed by atoms with Crippen molar-refractivity contribution in [3.63, 3.8) is 0 Å². The molecule has 0 fully saturated rings. The van der Waals surface area contributed by atoms with Gasteiger partial charge in [-0.1, -0.05) is 39.0 Å². The van der Waals surface area contributed by atoms with Gasteiger partial charge in [-0.05, 0) is 23.6 Å². The first-order chi connectivity index (χ1) is 8.88. The third-order valence-corrected chi connectivity index (χ3v) is 2.86. The Hall–Kier alpha value is -2.16. The van der Waals surface area contributed by atoms with E-state index in [0.717, 1.165) is 5.56 Å². The van der Waals surface area contributed by atoms with Gasteiger partial charge in [-0.2, -0.15) is 0 Å². The Labute approximate surface area is 113 Å². The maximum atomic E-state index is 9.75. The zero-order valence-corrected chi connectivity index (χ0v) is 11.3. The van der Waals surface area contributed by atoms with E-state index >= 15 is 0 Å². The smallest absolute Gasteiger partial charge is 0.172 e. The van der Waals surface area contributed by atoms with Crippen molar-refractivity contribution in [1.82, 2.24) is 0 Å². The first kappa shape index (κ1) is 13.3. The zero-order valence-electron chi connectivity index (χ0n) is 11.3. The van der Waals surface area contributed by atoms with Gasteiger partial charge in [0.25, 0.3) is 0 Å². The second-order valence-electron chi connectivity index (χ2n) is 5.50. The molecule has 0 bridgehead atoms. The molecule has 3 nitrogen and oxygen atoms in total. The molecule has 0 aliphatic carbocycles. The average molecular weight is 258 g/mol. The Morgan fingerprint density at radius 3 is 2.26 bits per heavy atom. The maximum absolute atomic E-state index is 9.75. The molecule has 0 saturated heterocycles. The highest BCUT2D eigenvalue weighted by atomic mass is 16.5. The van der Waals surface area contributed by atoms with E-state index in [-0.39, 0.29) is 22.7 Å². The van der Waals surface area contributed by atoms with Crippen LogP contribution >= 0.6 is 0 Å². The summed E-state index contributed by atoms with van der Waals surface area (Å²) in [5.74, 6) is 0.982. The first-order valence-corrected chi connectivity index (χ1v) is 6.17. The molecule has 2 N–H and O–H groups in total. The van der Waals surface area contributed by atoms with Crippen LogP contribution in [0.2, 0.25) is 0 Å². The van der Waals surface area contributed by atoms with Crippen molar-refractivity contribution in [2.24, 2.45) is 0 Å². The topological polar surface area (TPSA) is 49.7 Å². The minimum absolute atomic E-state index is 0.00140. The number of para-hydroxylation sites is 1. The Balaban J connectivity index is 2.41. The summed E-state index contributed by atoms with van der Waals surface area (Å²) < 4.78 is 5.74. The van der Waals surface area contributed by atoms with Crippen molar-refractivity contribution in [3.8, 4) is 23.0 Å². The number of hydrogen-bond donors (Lipinski definition) is 2. The van der Waals surface area contributed by atoms with E-state index in [2.05, 4.69) is 20.8 Å². The third-order valence-electron chi connectivity index (χ3n) is 2.86. The van der Waals surface area contributed by atoms with Gasteiger partial charge in [0.2, 0.25) is 0 Å². The van der Waals surface area contributed by atoms with E-state index in [1.807, 2.05) is 24.3 Å². The molecule has 2 rings (SSSR count). The van der Waals surface area contributed by atoms with Crippen LogP contribution in [0.5, 0.6) is 23.0 Å².